The lowest BCUT2D eigenvalue weighted by Gasteiger charge is -2.04. The maximum absolute atomic E-state index is 11.6. The maximum Gasteiger partial charge on any atom is 0.168 e. The van der Waals surface area contributed by atoms with Crippen LogP contribution in [0, 0.1) is 6.92 Å². The molecule has 0 saturated carbocycles. The predicted octanol–water partition coefficient (Wildman–Crippen LogP) is 1.19. The Bertz CT molecular complexity index is 337. The molecule has 0 unspecified atom stereocenters. The van der Waals surface area contributed by atoms with E-state index in [-0.39, 0.29) is 11.6 Å². The van der Waals surface area contributed by atoms with Crippen molar-refractivity contribution in [3.05, 3.63) is 23.4 Å². The van der Waals surface area contributed by atoms with Crippen molar-refractivity contribution >= 4 is 11.6 Å². The van der Waals surface area contributed by atoms with E-state index in [0.717, 1.165) is 5.56 Å². The molecule has 4 nitrogen and oxygen atoms in total. The van der Waals surface area contributed by atoms with E-state index in [1.807, 2.05) is 6.92 Å². The van der Waals surface area contributed by atoms with Gasteiger partial charge in [-0.2, -0.15) is 0 Å². The molecule has 0 atom stereocenters. The Kier molecular flexibility index (Phi) is 3.59. The number of nitrogens with two attached hydrogens (primary N) is 1. The molecule has 1 heterocycles. The maximum atomic E-state index is 11.6. The first kappa shape index (κ1) is 10.7. The van der Waals surface area contributed by atoms with Gasteiger partial charge in [0.05, 0.1) is 12.2 Å². The van der Waals surface area contributed by atoms with Gasteiger partial charge >= 0.3 is 0 Å². The number of pyridine rings is 1. The Hall–Kier alpha value is -1.42. The number of nitrogen functional groups attached to an aromatic ring is 1. The zero-order chi connectivity index (χ0) is 10.6. The first-order chi connectivity index (χ1) is 6.65. The van der Waals surface area contributed by atoms with Crippen LogP contribution in [0.1, 0.15) is 22.3 Å². The molecule has 0 fully saturated rings. The van der Waals surface area contributed by atoms with E-state index in [1.165, 1.54) is 0 Å². The molecule has 1 aromatic heterocycles. The number of nitrogens with zero attached hydrogens (tertiary/aromatic N) is 1. The number of Topliss-reactive ketones (excluding diaryl/α,β-unsaturated/α-hetero) is 1. The number of carbonyl (C=O) groups excluding carboxylic acids is 1. The van der Waals surface area contributed by atoms with Crippen LogP contribution in [0.25, 0.3) is 0 Å². The van der Waals surface area contributed by atoms with Crippen molar-refractivity contribution in [2.45, 2.75) is 13.3 Å². The van der Waals surface area contributed by atoms with Crippen LogP contribution in [-0.2, 0) is 4.74 Å². The van der Waals surface area contributed by atoms with Crippen LogP contribution in [0.3, 0.4) is 0 Å². The van der Waals surface area contributed by atoms with Crippen LogP contribution in [0.5, 0.6) is 0 Å². The summed E-state index contributed by atoms with van der Waals surface area (Å²) in [4.78, 5) is 15.5. The second-order valence-electron chi connectivity index (χ2n) is 3.11. The molecule has 0 amide bonds. The topological polar surface area (TPSA) is 65.2 Å². The molecular weight excluding hydrogens is 180 g/mol. The van der Waals surface area contributed by atoms with E-state index in [2.05, 4.69) is 4.98 Å². The van der Waals surface area contributed by atoms with E-state index in [1.54, 1.807) is 19.4 Å². The number of anilines is 1. The van der Waals surface area contributed by atoms with Crippen molar-refractivity contribution in [2.75, 3.05) is 19.5 Å². The predicted molar refractivity (Wildman–Crippen MR) is 54.2 cm³/mol. The Morgan fingerprint density at radius 1 is 1.64 bits per heavy atom. The minimum atomic E-state index is -0.0273. The van der Waals surface area contributed by atoms with Crippen molar-refractivity contribution < 1.29 is 9.53 Å². The van der Waals surface area contributed by atoms with Crippen LogP contribution in [0.2, 0.25) is 0 Å². The molecule has 0 aromatic carbocycles. The lowest BCUT2D eigenvalue weighted by molar-refractivity contribution is 0.0933. The number of aromatic nitrogens is 1. The van der Waals surface area contributed by atoms with E-state index < -0.39 is 0 Å². The highest BCUT2D eigenvalue weighted by Crippen LogP contribution is 2.12. The summed E-state index contributed by atoms with van der Waals surface area (Å²) < 4.78 is 4.82. The van der Waals surface area contributed by atoms with Gasteiger partial charge in [-0.15, -0.1) is 0 Å². The summed E-state index contributed by atoms with van der Waals surface area (Å²) in [6.45, 7) is 2.28. The molecule has 0 aliphatic carbocycles. The Balaban J connectivity index is 2.83. The quantitative estimate of drug-likeness (QED) is 0.731. The molecule has 0 saturated heterocycles. The molecule has 0 radical (unpaired) electrons. The second kappa shape index (κ2) is 4.72. The van der Waals surface area contributed by atoms with Crippen LogP contribution >= 0.6 is 0 Å². The van der Waals surface area contributed by atoms with Crippen LogP contribution in [-0.4, -0.2) is 24.5 Å². The van der Waals surface area contributed by atoms with Gasteiger partial charge in [-0.05, 0) is 18.6 Å². The minimum Gasteiger partial charge on any atom is -0.384 e. The fourth-order valence-corrected chi connectivity index (χ4v) is 1.13. The first-order valence-electron chi connectivity index (χ1n) is 4.39. The van der Waals surface area contributed by atoms with E-state index in [4.69, 9.17) is 10.5 Å². The van der Waals surface area contributed by atoms with Gasteiger partial charge in [0.2, 0.25) is 0 Å². The molecule has 4 heteroatoms. The SMILES string of the molecule is COCCC(=O)c1cc(C)cnc1N. The minimum absolute atomic E-state index is 0.0273. The molecule has 0 spiro atoms. The lowest BCUT2D eigenvalue weighted by atomic mass is 10.1. The number of methoxy groups -OCH3 is 1. The molecule has 0 aliphatic heterocycles. The van der Waals surface area contributed by atoms with E-state index in [9.17, 15) is 4.79 Å². The number of hydrogen-bond acceptors (Lipinski definition) is 4. The highest BCUT2D eigenvalue weighted by atomic mass is 16.5. The summed E-state index contributed by atoms with van der Waals surface area (Å²) in [5, 5.41) is 0. The summed E-state index contributed by atoms with van der Waals surface area (Å²) in [6, 6.07) is 1.75. The molecule has 0 aliphatic rings. The van der Waals surface area contributed by atoms with Gasteiger partial charge in [0.1, 0.15) is 5.82 Å². The number of carbonyl (C=O) groups is 1. The van der Waals surface area contributed by atoms with Crippen molar-refractivity contribution in [1.29, 1.82) is 0 Å². The van der Waals surface area contributed by atoms with Gasteiger partial charge in [0.25, 0.3) is 0 Å². The smallest absolute Gasteiger partial charge is 0.168 e. The highest BCUT2D eigenvalue weighted by Gasteiger charge is 2.10. The average Bonchev–Trinajstić information content (AvgIpc) is 2.18. The summed E-state index contributed by atoms with van der Waals surface area (Å²) in [7, 11) is 1.56. The number of ether oxygens (including phenoxy) is 1. The van der Waals surface area contributed by atoms with Gasteiger partial charge in [0, 0.05) is 19.7 Å². The number of ketones is 1. The fraction of sp³-hybridized carbons (Fsp3) is 0.400. The Morgan fingerprint density at radius 3 is 3.00 bits per heavy atom. The molecule has 14 heavy (non-hydrogen) atoms. The molecule has 2 N–H and O–H groups in total. The fourth-order valence-electron chi connectivity index (χ4n) is 1.13. The average molecular weight is 194 g/mol. The van der Waals surface area contributed by atoms with Crippen molar-refractivity contribution in [3.8, 4) is 0 Å². The van der Waals surface area contributed by atoms with Gasteiger partial charge in [-0.1, -0.05) is 0 Å². The van der Waals surface area contributed by atoms with Crippen LogP contribution in [0.15, 0.2) is 12.3 Å². The number of aryl methyl sites for hydroxylation is 1. The van der Waals surface area contributed by atoms with Crippen molar-refractivity contribution in [1.82, 2.24) is 4.98 Å². The van der Waals surface area contributed by atoms with Crippen LogP contribution in [0.4, 0.5) is 5.82 Å². The standard InChI is InChI=1S/C10H14N2O2/c1-7-5-8(10(11)12-6-7)9(13)3-4-14-2/h5-6H,3-4H2,1-2H3,(H2,11,12). The molecule has 76 valence electrons. The zero-order valence-corrected chi connectivity index (χ0v) is 8.41. The second-order valence-corrected chi connectivity index (χ2v) is 3.11. The summed E-state index contributed by atoms with van der Waals surface area (Å²) in [5.74, 6) is 0.261. The third kappa shape index (κ3) is 2.53. The third-order valence-corrected chi connectivity index (χ3v) is 1.89. The summed E-state index contributed by atoms with van der Waals surface area (Å²) in [5.41, 5.74) is 7.01. The number of hydrogen-bond donors (Lipinski definition) is 1. The monoisotopic (exact) mass is 194 g/mol. The summed E-state index contributed by atoms with van der Waals surface area (Å²) >= 11 is 0. The highest BCUT2D eigenvalue weighted by molar-refractivity contribution is 6.00. The van der Waals surface area contributed by atoms with Gasteiger partial charge < -0.3 is 10.5 Å². The molecular formula is C10H14N2O2. The van der Waals surface area contributed by atoms with Gasteiger partial charge in [-0.3, -0.25) is 4.79 Å². The van der Waals surface area contributed by atoms with Crippen molar-refractivity contribution in [2.24, 2.45) is 0 Å². The number of rotatable bonds is 4. The van der Waals surface area contributed by atoms with Gasteiger partial charge in [-0.25, -0.2) is 4.98 Å². The lowest BCUT2D eigenvalue weighted by Crippen LogP contribution is -2.08. The van der Waals surface area contributed by atoms with Crippen molar-refractivity contribution in [3.63, 3.8) is 0 Å². The third-order valence-electron chi connectivity index (χ3n) is 1.89. The molecule has 1 rings (SSSR count). The first-order valence-corrected chi connectivity index (χ1v) is 4.39. The normalized spacial score (nSPS) is 10.1. The zero-order valence-electron chi connectivity index (χ0n) is 8.41. The van der Waals surface area contributed by atoms with E-state index >= 15 is 0 Å². The van der Waals surface area contributed by atoms with Crippen LogP contribution < -0.4 is 5.73 Å². The Morgan fingerprint density at radius 2 is 2.36 bits per heavy atom. The Labute approximate surface area is 83.1 Å². The summed E-state index contributed by atoms with van der Waals surface area (Å²) in [6.07, 6.45) is 1.98. The molecule has 1 aromatic rings. The van der Waals surface area contributed by atoms with E-state index in [0.29, 0.717) is 18.6 Å². The molecule has 0 bridgehead atoms. The largest absolute Gasteiger partial charge is 0.384 e. The van der Waals surface area contributed by atoms with Gasteiger partial charge in [0.15, 0.2) is 5.78 Å².